The number of anilines is 2. The van der Waals surface area contributed by atoms with Crippen molar-refractivity contribution in [2.24, 2.45) is 0 Å². The maximum atomic E-state index is 14.0. The van der Waals surface area contributed by atoms with Crippen molar-refractivity contribution >= 4 is 17.3 Å². The normalized spacial score (nSPS) is 15.3. The lowest BCUT2D eigenvalue weighted by molar-refractivity contribution is -0.116. The summed E-state index contributed by atoms with van der Waals surface area (Å²) in [6, 6.07) is 12.7. The molecule has 1 aliphatic heterocycles. The number of aryl methyl sites for hydroxylation is 1. The summed E-state index contributed by atoms with van der Waals surface area (Å²) in [5.74, 6) is -0.115. The van der Waals surface area contributed by atoms with Crippen LogP contribution < -0.4 is 10.6 Å². The molecule has 3 rings (SSSR count). The zero-order valence-electron chi connectivity index (χ0n) is 13.2. The van der Waals surface area contributed by atoms with Gasteiger partial charge in [-0.05, 0) is 49.1 Å². The molecule has 0 radical (unpaired) electrons. The van der Waals surface area contributed by atoms with E-state index >= 15 is 0 Å². The van der Waals surface area contributed by atoms with Gasteiger partial charge in [0.1, 0.15) is 5.82 Å². The van der Waals surface area contributed by atoms with E-state index in [1.165, 1.54) is 6.07 Å². The minimum Gasteiger partial charge on any atom is -0.378 e. The third-order valence-electron chi connectivity index (χ3n) is 4.26. The highest BCUT2D eigenvalue weighted by Crippen LogP contribution is 2.29. The van der Waals surface area contributed by atoms with E-state index < -0.39 is 0 Å². The van der Waals surface area contributed by atoms with Crippen LogP contribution in [0.5, 0.6) is 0 Å². The minimum atomic E-state index is -0.186. The van der Waals surface area contributed by atoms with E-state index in [1.807, 2.05) is 31.2 Å². The Morgan fingerprint density at radius 1 is 1.22 bits per heavy atom. The molecule has 1 amide bonds. The van der Waals surface area contributed by atoms with Crippen molar-refractivity contribution in [3.8, 4) is 0 Å². The molecule has 0 fully saturated rings. The fourth-order valence-electron chi connectivity index (χ4n) is 3.02. The topological polar surface area (TPSA) is 41.1 Å². The molecule has 4 heteroatoms. The number of halogens is 1. The highest BCUT2D eigenvalue weighted by atomic mass is 19.1. The molecule has 0 spiro atoms. The van der Waals surface area contributed by atoms with Gasteiger partial charge in [-0.2, -0.15) is 0 Å². The lowest BCUT2D eigenvalue weighted by Gasteiger charge is -2.20. The summed E-state index contributed by atoms with van der Waals surface area (Å²) >= 11 is 0. The Balaban J connectivity index is 1.83. The zero-order valence-corrected chi connectivity index (χ0v) is 13.2. The highest BCUT2D eigenvalue weighted by molar-refractivity contribution is 5.92. The van der Waals surface area contributed by atoms with Gasteiger partial charge >= 0.3 is 0 Å². The largest absolute Gasteiger partial charge is 0.378 e. The fraction of sp³-hybridized carbons (Fsp3) is 0.316. The predicted molar refractivity (Wildman–Crippen MR) is 91.1 cm³/mol. The van der Waals surface area contributed by atoms with Gasteiger partial charge in [-0.15, -0.1) is 0 Å². The number of carbonyl (C=O) groups is 1. The molecular formula is C19H21FN2O. The quantitative estimate of drug-likeness (QED) is 0.862. The Morgan fingerprint density at radius 3 is 2.83 bits per heavy atom. The summed E-state index contributed by atoms with van der Waals surface area (Å²) in [6.45, 7) is 2.04. The van der Waals surface area contributed by atoms with Gasteiger partial charge in [0.05, 0.1) is 6.04 Å². The van der Waals surface area contributed by atoms with Gasteiger partial charge in [0.2, 0.25) is 5.91 Å². The summed E-state index contributed by atoms with van der Waals surface area (Å²) in [5.41, 5.74) is 3.65. The van der Waals surface area contributed by atoms with Gasteiger partial charge in [-0.25, -0.2) is 4.39 Å². The molecular weight excluding hydrogens is 291 g/mol. The van der Waals surface area contributed by atoms with Crippen molar-refractivity contribution in [3.05, 3.63) is 59.4 Å². The van der Waals surface area contributed by atoms with E-state index in [2.05, 4.69) is 16.7 Å². The number of fused-ring (bicyclic) bond motifs is 1. The summed E-state index contributed by atoms with van der Waals surface area (Å²) in [7, 11) is 0. The molecule has 2 aromatic carbocycles. The van der Waals surface area contributed by atoms with Crippen LogP contribution in [0, 0.1) is 5.82 Å². The Kier molecular flexibility index (Phi) is 4.60. The van der Waals surface area contributed by atoms with E-state index in [-0.39, 0.29) is 17.8 Å². The molecule has 0 saturated carbocycles. The first-order valence-electron chi connectivity index (χ1n) is 8.11. The van der Waals surface area contributed by atoms with Crippen molar-refractivity contribution in [1.29, 1.82) is 0 Å². The van der Waals surface area contributed by atoms with Gasteiger partial charge < -0.3 is 10.6 Å². The van der Waals surface area contributed by atoms with Crippen LogP contribution in [0.4, 0.5) is 15.8 Å². The maximum Gasteiger partial charge on any atom is 0.224 e. The average molecular weight is 312 g/mol. The monoisotopic (exact) mass is 312 g/mol. The highest BCUT2D eigenvalue weighted by Gasteiger charge is 2.16. The first-order valence-corrected chi connectivity index (χ1v) is 8.11. The lowest BCUT2D eigenvalue weighted by Crippen LogP contribution is -2.12. The molecule has 120 valence electrons. The second-order valence-electron chi connectivity index (χ2n) is 5.90. The van der Waals surface area contributed by atoms with Crippen LogP contribution in [0.15, 0.2) is 42.5 Å². The van der Waals surface area contributed by atoms with Crippen molar-refractivity contribution < 1.29 is 9.18 Å². The van der Waals surface area contributed by atoms with E-state index in [0.717, 1.165) is 36.2 Å². The molecule has 1 heterocycles. The Labute approximate surface area is 135 Å². The van der Waals surface area contributed by atoms with E-state index in [1.54, 1.807) is 6.07 Å². The van der Waals surface area contributed by atoms with Crippen LogP contribution in [-0.2, 0) is 11.2 Å². The van der Waals surface area contributed by atoms with Gasteiger partial charge in [0, 0.05) is 23.4 Å². The summed E-state index contributed by atoms with van der Waals surface area (Å²) < 4.78 is 14.0. The van der Waals surface area contributed by atoms with Gasteiger partial charge in [-0.1, -0.05) is 25.1 Å². The third kappa shape index (κ3) is 3.52. The summed E-state index contributed by atoms with van der Waals surface area (Å²) in [4.78, 5) is 11.6. The summed E-state index contributed by atoms with van der Waals surface area (Å²) in [5, 5.41) is 6.35. The summed E-state index contributed by atoms with van der Waals surface area (Å²) in [6.07, 6.45) is 3.08. The molecule has 2 N–H and O–H groups in total. The molecule has 1 aliphatic rings. The van der Waals surface area contributed by atoms with E-state index in [9.17, 15) is 9.18 Å². The number of nitrogens with one attached hydrogen (secondary N) is 2. The first kappa shape index (κ1) is 15.5. The molecule has 0 bridgehead atoms. The second-order valence-corrected chi connectivity index (χ2v) is 5.90. The molecule has 3 nitrogen and oxygen atoms in total. The fourth-order valence-corrected chi connectivity index (χ4v) is 3.02. The maximum absolute atomic E-state index is 14.0. The van der Waals surface area contributed by atoms with Crippen molar-refractivity contribution in [1.82, 2.24) is 0 Å². The molecule has 0 aliphatic carbocycles. The smallest absolute Gasteiger partial charge is 0.224 e. The molecule has 1 unspecified atom stereocenters. The van der Waals surface area contributed by atoms with Crippen molar-refractivity contribution in [2.75, 3.05) is 10.6 Å². The van der Waals surface area contributed by atoms with Crippen molar-refractivity contribution in [2.45, 2.75) is 38.6 Å². The number of carbonyl (C=O) groups excluding carboxylic acids is 1. The zero-order chi connectivity index (χ0) is 16.2. The SMILES string of the molecule is CCC(Nc1ccc2c(c1)CCCC(=O)N2)c1ccccc1F. The van der Waals surface area contributed by atoms with Crippen LogP contribution in [0.3, 0.4) is 0 Å². The standard InChI is InChI=1S/C19H21FN2O/c1-2-17(15-7-3-4-8-16(15)20)21-14-10-11-18-13(12-14)6-5-9-19(23)22-18/h3-4,7-8,10-12,17,21H,2,5-6,9H2,1H3,(H,22,23). The number of hydrogen-bond acceptors (Lipinski definition) is 2. The Morgan fingerprint density at radius 2 is 2.04 bits per heavy atom. The molecule has 0 saturated heterocycles. The number of amides is 1. The number of benzene rings is 2. The van der Waals surface area contributed by atoms with Crippen LogP contribution in [-0.4, -0.2) is 5.91 Å². The molecule has 0 aromatic heterocycles. The van der Waals surface area contributed by atoms with Gasteiger partial charge in [0.15, 0.2) is 0 Å². The van der Waals surface area contributed by atoms with Crippen molar-refractivity contribution in [3.63, 3.8) is 0 Å². The van der Waals surface area contributed by atoms with Gasteiger partial charge in [-0.3, -0.25) is 4.79 Å². The minimum absolute atomic E-state index is 0.0715. The van der Waals surface area contributed by atoms with E-state index in [4.69, 9.17) is 0 Å². The first-order chi connectivity index (χ1) is 11.2. The number of hydrogen-bond donors (Lipinski definition) is 2. The van der Waals surface area contributed by atoms with Crippen LogP contribution in [0.25, 0.3) is 0 Å². The molecule has 23 heavy (non-hydrogen) atoms. The Hall–Kier alpha value is -2.36. The van der Waals surface area contributed by atoms with Crippen LogP contribution in [0.1, 0.15) is 43.4 Å². The van der Waals surface area contributed by atoms with Gasteiger partial charge in [0.25, 0.3) is 0 Å². The number of rotatable bonds is 4. The molecule has 2 aromatic rings. The Bertz CT molecular complexity index is 714. The lowest BCUT2D eigenvalue weighted by atomic mass is 10.0. The second kappa shape index (κ2) is 6.82. The van der Waals surface area contributed by atoms with Crippen LogP contribution in [0.2, 0.25) is 0 Å². The van der Waals surface area contributed by atoms with Crippen LogP contribution >= 0.6 is 0 Å². The third-order valence-corrected chi connectivity index (χ3v) is 4.26. The average Bonchev–Trinajstić information content (AvgIpc) is 2.73. The molecule has 1 atom stereocenters. The van der Waals surface area contributed by atoms with E-state index in [0.29, 0.717) is 12.0 Å². The predicted octanol–water partition coefficient (Wildman–Crippen LogP) is 4.66.